The van der Waals surface area contributed by atoms with Gasteiger partial charge in [-0.25, -0.2) is 0 Å². The van der Waals surface area contributed by atoms with E-state index in [-0.39, 0.29) is 27.2 Å². The van der Waals surface area contributed by atoms with Crippen molar-refractivity contribution in [2.45, 2.75) is 20.3 Å². The van der Waals surface area contributed by atoms with Crippen molar-refractivity contribution in [1.82, 2.24) is 5.32 Å². The summed E-state index contributed by atoms with van der Waals surface area (Å²) in [5.41, 5.74) is 2.00. The lowest BCUT2D eigenvalue weighted by Crippen LogP contribution is -2.54. The molecule has 6 nitrogen and oxygen atoms in total. The number of phenols is 1. The molecule has 8 heteroatoms. The van der Waals surface area contributed by atoms with Gasteiger partial charge in [0.15, 0.2) is 16.6 Å². The molecule has 1 aliphatic rings. The van der Waals surface area contributed by atoms with E-state index in [0.29, 0.717) is 17.9 Å². The second kappa shape index (κ2) is 8.63. The van der Waals surface area contributed by atoms with Gasteiger partial charge in [0.05, 0.1) is 17.3 Å². The van der Waals surface area contributed by atoms with E-state index in [1.54, 1.807) is 19.1 Å². The molecule has 1 fully saturated rings. The lowest BCUT2D eigenvalue weighted by molar-refractivity contribution is -0.122. The number of thiocarbonyl (C=S) groups is 1. The Kier molecular flexibility index (Phi) is 6.20. The van der Waals surface area contributed by atoms with Gasteiger partial charge in [-0.3, -0.25) is 19.8 Å². The molecule has 0 unspecified atom stereocenters. The van der Waals surface area contributed by atoms with E-state index in [9.17, 15) is 14.7 Å². The van der Waals surface area contributed by atoms with E-state index in [0.717, 1.165) is 12.0 Å². The molecule has 2 aromatic rings. The molecule has 2 amide bonds. The van der Waals surface area contributed by atoms with Crippen molar-refractivity contribution in [3.63, 3.8) is 0 Å². The number of aryl methyl sites for hydroxylation is 1. The second-order valence-electron chi connectivity index (χ2n) is 6.26. The Labute approximate surface area is 178 Å². The van der Waals surface area contributed by atoms with Crippen LogP contribution in [0.5, 0.6) is 11.5 Å². The van der Waals surface area contributed by atoms with Gasteiger partial charge in [-0.2, -0.15) is 0 Å². The monoisotopic (exact) mass is 430 g/mol. The van der Waals surface area contributed by atoms with Crippen molar-refractivity contribution in [1.29, 1.82) is 0 Å². The van der Waals surface area contributed by atoms with Gasteiger partial charge < -0.3 is 9.84 Å². The van der Waals surface area contributed by atoms with Crippen LogP contribution < -0.4 is 15.0 Å². The Hall–Kier alpha value is -2.90. The summed E-state index contributed by atoms with van der Waals surface area (Å²) in [5.74, 6) is -1.19. The minimum Gasteiger partial charge on any atom is -0.503 e. The van der Waals surface area contributed by atoms with Gasteiger partial charge in [0.25, 0.3) is 11.8 Å². The summed E-state index contributed by atoms with van der Waals surface area (Å²) >= 11 is 11.3. The first-order valence-electron chi connectivity index (χ1n) is 9.01. The number of rotatable bonds is 5. The number of hydrogen-bond acceptors (Lipinski definition) is 5. The Morgan fingerprint density at radius 1 is 1.21 bits per heavy atom. The van der Waals surface area contributed by atoms with Crippen molar-refractivity contribution in [3.8, 4) is 11.5 Å². The first-order valence-corrected chi connectivity index (χ1v) is 9.80. The van der Waals surface area contributed by atoms with Crippen LogP contribution in [-0.2, 0) is 16.0 Å². The van der Waals surface area contributed by atoms with Gasteiger partial charge in [-0.1, -0.05) is 30.7 Å². The zero-order valence-electron chi connectivity index (χ0n) is 15.9. The summed E-state index contributed by atoms with van der Waals surface area (Å²) in [6, 6.07) is 10.3. The highest BCUT2D eigenvalue weighted by Gasteiger charge is 2.34. The molecule has 1 saturated heterocycles. The normalized spacial score (nSPS) is 15.6. The number of carbonyl (C=O) groups excluding carboxylic acids is 2. The van der Waals surface area contributed by atoms with Crippen LogP contribution >= 0.6 is 23.8 Å². The SMILES string of the molecule is CCOc1cc(/C=C2\C(=O)NC(=S)N(c3ccc(CC)cc3)C2=O)cc(Cl)c1O. The van der Waals surface area contributed by atoms with Gasteiger partial charge >= 0.3 is 0 Å². The summed E-state index contributed by atoms with van der Waals surface area (Å²) in [4.78, 5) is 26.8. The quantitative estimate of drug-likeness (QED) is 0.428. The fourth-order valence-corrected chi connectivity index (χ4v) is 3.38. The van der Waals surface area contributed by atoms with Gasteiger partial charge in [-0.05, 0) is 67.0 Å². The number of halogens is 1. The molecule has 3 rings (SSSR count). The van der Waals surface area contributed by atoms with Crippen LogP contribution in [0.4, 0.5) is 5.69 Å². The van der Waals surface area contributed by atoms with Crippen molar-refractivity contribution in [3.05, 3.63) is 58.1 Å². The largest absolute Gasteiger partial charge is 0.503 e. The Balaban J connectivity index is 2.01. The number of carbonyl (C=O) groups is 2. The van der Waals surface area contributed by atoms with E-state index in [2.05, 4.69) is 5.32 Å². The second-order valence-corrected chi connectivity index (χ2v) is 7.05. The molecule has 0 spiro atoms. The zero-order chi connectivity index (χ0) is 21.1. The van der Waals surface area contributed by atoms with Crippen molar-refractivity contribution in [2.75, 3.05) is 11.5 Å². The van der Waals surface area contributed by atoms with E-state index < -0.39 is 11.8 Å². The summed E-state index contributed by atoms with van der Waals surface area (Å²) in [7, 11) is 0. The zero-order valence-corrected chi connectivity index (χ0v) is 17.4. The summed E-state index contributed by atoms with van der Waals surface area (Å²) in [5, 5.41) is 12.6. The number of anilines is 1. The molecule has 150 valence electrons. The molecule has 1 heterocycles. The minimum atomic E-state index is -0.608. The predicted octanol–water partition coefficient (Wildman–Crippen LogP) is 3.84. The van der Waals surface area contributed by atoms with Gasteiger partial charge in [-0.15, -0.1) is 0 Å². The first kappa shape index (κ1) is 20.8. The Bertz CT molecular complexity index is 1020. The molecule has 0 atom stereocenters. The van der Waals surface area contributed by atoms with Crippen LogP contribution in [0.1, 0.15) is 25.0 Å². The number of hydrogen-bond donors (Lipinski definition) is 2. The summed E-state index contributed by atoms with van der Waals surface area (Å²) in [6.45, 7) is 4.12. The third-order valence-corrected chi connectivity index (χ3v) is 4.94. The van der Waals surface area contributed by atoms with Crippen LogP contribution in [0.15, 0.2) is 42.0 Å². The molecular weight excluding hydrogens is 412 g/mol. The molecular formula is C21H19ClN2O4S. The predicted molar refractivity (Wildman–Crippen MR) is 116 cm³/mol. The Morgan fingerprint density at radius 3 is 2.52 bits per heavy atom. The van der Waals surface area contributed by atoms with Crippen LogP contribution in [0, 0.1) is 0 Å². The highest BCUT2D eigenvalue weighted by Crippen LogP contribution is 2.36. The number of amides is 2. The third kappa shape index (κ3) is 4.26. The molecule has 29 heavy (non-hydrogen) atoms. The number of nitrogens with one attached hydrogen (secondary N) is 1. The summed E-state index contributed by atoms with van der Waals surface area (Å²) in [6.07, 6.45) is 2.25. The molecule has 0 bridgehead atoms. The number of nitrogens with zero attached hydrogens (tertiary/aromatic N) is 1. The fourth-order valence-electron chi connectivity index (χ4n) is 2.88. The highest BCUT2D eigenvalue weighted by molar-refractivity contribution is 7.80. The minimum absolute atomic E-state index is 0.0140. The number of ether oxygens (including phenoxy) is 1. The fraction of sp³-hybridized carbons (Fsp3) is 0.190. The van der Waals surface area contributed by atoms with Crippen LogP contribution in [0.3, 0.4) is 0 Å². The lowest BCUT2D eigenvalue weighted by Gasteiger charge is -2.29. The Morgan fingerprint density at radius 2 is 1.90 bits per heavy atom. The van der Waals surface area contributed by atoms with E-state index in [1.165, 1.54) is 23.1 Å². The van der Waals surface area contributed by atoms with E-state index in [1.807, 2.05) is 19.1 Å². The van der Waals surface area contributed by atoms with Gasteiger partial charge in [0.2, 0.25) is 0 Å². The number of aromatic hydroxyl groups is 1. The first-order chi connectivity index (χ1) is 13.8. The third-order valence-electron chi connectivity index (χ3n) is 4.37. The highest BCUT2D eigenvalue weighted by atomic mass is 35.5. The molecule has 2 N–H and O–H groups in total. The molecule has 0 aliphatic carbocycles. The average Bonchev–Trinajstić information content (AvgIpc) is 2.69. The van der Waals surface area contributed by atoms with Gasteiger partial charge in [0.1, 0.15) is 5.57 Å². The van der Waals surface area contributed by atoms with Crippen molar-refractivity contribution < 1.29 is 19.4 Å². The maximum absolute atomic E-state index is 13.1. The summed E-state index contributed by atoms with van der Waals surface area (Å²) < 4.78 is 5.35. The lowest BCUT2D eigenvalue weighted by atomic mass is 10.1. The number of phenolic OH excluding ortho intramolecular Hbond substituents is 1. The average molecular weight is 431 g/mol. The molecule has 0 aromatic heterocycles. The molecule has 1 aliphatic heterocycles. The van der Waals surface area contributed by atoms with Crippen LogP contribution in [0.25, 0.3) is 6.08 Å². The molecule has 2 aromatic carbocycles. The van der Waals surface area contributed by atoms with Crippen LogP contribution in [-0.4, -0.2) is 28.6 Å². The standard InChI is InChI=1S/C21H19ClN2O4S/c1-3-12-5-7-14(8-6-12)24-20(27)15(19(26)23-21(24)29)9-13-10-16(22)18(25)17(11-13)28-4-2/h5-11,25H,3-4H2,1-2H3,(H,23,26,29)/b15-9+. The van der Waals surface area contributed by atoms with E-state index in [4.69, 9.17) is 28.6 Å². The smallest absolute Gasteiger partial charge is 0.270 e. The van der Waals surface area contributed by atoms with Crippen molar-refractivity contribution in [2.24, 2.45) is 0 Å². The molecule has 0 radical (unpaired) electrons. The van der Waals surface area contributed by atoms with E-state index >= 15 is 0 Å². The maximum Gasteiger partial charge on any atom is 0.270 e. The number of benzene rings is 2. The van der Waals surface area contributed by atoms with Crippen LogP contribution in [0.2, 0.25) is 5.02 Å². The molecule has 0 saturated carbocycles. The topological polar surface area (TPSA) is 78.9 Å². The van der Waals surface area contributed by atoms with Gasteiger partial charge in [0, 0.05) is 0 Å². The maximum atomic E-state index is 13.1. The van der Waals surface area contributed by atoms with Crippen molar-refractivity contribution >= 4 is 52.5 Å².